The number of rotatable bonds is 9. The molecule has 1 aromatic rings. The molecule has 0 saturated carbocycles. The van der Waals surface area contributed by atoms with Crippen LogP contribution in [0.3, 0.4) is 0 Å². The maximum absolute atomic E-state index is 13.1. The fourth-order valence-corrected chi connectivity index (χ4v) is 6.94. The summed E-state index contributed by atoms with van der Waals surface area (Å²) in [6.45, 7) is 11.5. The lowest BCUT2D eigenvalue weighted by atomic mass is 9.86. The highest BCUT2D eigenvalue weighted by atomic mass is 35.5. The van der Waals surface area contributed by atoms with E-state index < -0.39 is 26.1 Å². The van der Waals surface area contributed by atoms with E-state index in [4.69, 9.17) is 27.9 Å². The van der Waals surface area contributed by atoms with Gasteiger partial charge in [-0.2, -0.15) is 0 Å². The fraction of sp³-hybridized carbons (Fsp3) is 0.636. The standard InChI is InChI=1S/C22H33Cl2N3O4S2/c1-5-10-31-20-12-19(24)18(23)11-17(20)21(26-32(28)22(2,3)4)15-6-8-27(9-7-15)33(29,30)16-13-25-14-16/h5,11-12,15-16,21,25-26H,1,6-10,13-14H2,2-4H3/t21-,32?/m1/s1. The van der Waals surface area contributed by atoms with Crippen LogP contribution in [0.1, 0.15) is 45.2 Å². The van der Waals surface area contributed by atoms with E-state index in [1.807, 2.05) is 20.8 Å². The first-order valence-electron chi connectivity index (χ1n) is 11.1. The highest BCUT2D eigenvalue weighted by molar-refractivity contribution is 7.90. The number of sulfonamides is 1. The fourth-order valence-electron chi connectivity index (χ4n) is 3.91. The first-order valence-corrected chi connectivity index (χ1v) is 14.5. The second-order valence-electron chi connectivity index (χ2n) is 9.44. The molecule has 186 valence electrons. The molecule has 0 bridgehead atoms. The van der Waals surface area contributed by atoms with Gasteiger partial charge in [0.2, 0.25) is 10.0 Å². The minimum atomic E-state index is -3.30. The van der Waals surface area contributed by atoms with Gasteiger partial charge in [-0.25, -0.2) is 12.7 Å². The van der Waals surface area contributed by atoms with Crippen molar-refractivity contribution in [2.75, 3.05) is 32.8 Å². The number of halogens is 2. The monoisotopic (exact) mass is 537 g/mol. The van der Waals surface area contributed by atoms with Crippen LogP contribution in [0, 0.1) is 5.92 Å². The third kappa shape index (κ3) is 6.38. The lowest BCUT2D eigenvalue weighted by molar-refractivity contribution is 0.230. The molecule has 2 N–H and O–H groups in total. The van der Waals surface area contributed by atoms with Gasteiger partial charge in [0.05, 0.1) is 16.1 Å². The van der Waals surface area contributed by atoms with Crippen LogP contribution in [0.2, 0.25) is 10.0 Å². The van der Waals surface area contributed by atoms with E-state index in [0.29, 0.717) is 54.8 Å². The normalized spacial score (nSPS) is 20.8. The molecule has 0 spiro atoms. The number of hydrogen-bond donors (Lipinski definition) is 2. The zero-order valence-electron chi connectivity index (χ0n) is 19.3. The molecule has 33 heavy (non-hydrogen) atoms. The highest BCUT2D eigenvalue weighted by Gasteiger charge is 2.41. The van der Waals surface area contributed by atoms with Gasteiger partial charge in [0.1, 0.15) is 22.4 Å². The molecular formula is C22H33Cl2N3O4S2. The Morgan fingerprint density at radius 3 is 2.42 bits per heavy atom. The molecule has 0 radical (unpaired) electrons. The van der Waals surface area contributed by atoms with E-state index in [2.05, 4.69) is 16.6 Å². The number of ether oxygens (including phenoxy) is 1. The average molecular weight is 539 g/mol. The Labute approximate surface area is 210 Å². The van der Waals surface area contributed by atoms with Crippen LogP contribution in [0.4, 0.5) is 0 Å². The predicted octanol–water partition coefficient (Wildman–Crippen LogP) is 3.66. The van der Waals surface area contributed by atoms with Gasteiger partial charge in [-0.05, 0) is 45.6 Å². The highest BCUT2D eigenvalue weighted by Crippen LogP contribution is 2.41. The van der Waals surface area contributed by atoms with Crippen molar-refractivity contribution in [1.29, 1.82) is 0 Å². The summed E-state index contributed by atoms with van der Waals surface area (Å²) in [5.74, 6) is 0.578. The number of nitrogens with one attached hydrogen (secondary N) is 2. The average Bonchev–Trinajstić information content (AvgIpc) is 2.70. The lowest BCUT2D eigenvalue weighted by Gasteiger charge is -2.40. The van der Waals surface area contributed by atoms with Crippen LogP contribution in [0.25, 0.3) is 0 Å². The van der Waals surface area contributed by atoms with Gasteiger partial charge in [-0.1, -0.05) is 35.9 Å². The molecule has 3 rings (SSSR count). The van der Waals surface area contributed by atoms with Crippen molar-refractivity contribution >= 4 is 44.6 Å². The van der Waals surface area contributed by atoms with Crippen LogP contribution in [-0.2, 0) is 21.4 Å². The topological polar surface area (TPSA) is 93.7 Å². The molecular weight excluding hydrogens is 505 g/mol. The molecule has 2 heterocycles. The Kier molecular flexibility index (Phi) is 9.05. The van der Waals surface area contributed by atoms with Crippen molar-refractivity contribution in [2.45, 2.75) is 49.7 Å². The molecule has 0 aromatic heterocycles. The van der Waals surface area contributed by atoms with Crippen molar-refractivity contribution in [2.24, 2.45) is 5.92 Å². The summed E-state index contributed by atoms with van der Waals surface area (Å²) < 4.78 is 49.0. The molecule has 0 amide bonds. The maximum Gasteiger partial charge on any atom is 0.219 e. The second kappa shape index (κ2) is 11.0. The van der Waals surface area contributed by atoms with E-state index in [-0.39, 0.29) is 23.8 Å². The van der Waals surface area contributed by atoms with Crippen molar-refractivity contribution in [3.8, 4) is 5.75 Å². The minimum Gasteiger partial charge on any atom is -0.598 e. The zero-order valence-corrected chi connectivity index (χ0v) is 22.4. The Morgan fingerprint density at radius 2 is 1.91 bits per heavy atom. The Hall–Kier alpha value is -0.520. The summed E-state index contributed by atoms with van der Waals surface area (Å²) in [4.78, 5) is 0. The van der Waals surface area contributed by atoms with Crippen molar-refractivity contribution in [3.05, 3.63) is 40.4 Å². The van der Waals surface area contributed by atoms with Crippen LogP contribution >= 0.6 is 23.2 Å². The van der Waals surface area contributed by atoms with E-state index >= 15 is 0 Å². The number of piperidine rings is 1. The number of hydrogen-bond acceptors (Lipinski definition) is 6. The molecule has 0 aliphatic carbocycles. The molecule has 2 aliphatic heterocycles. The van der Waals surface area contributed by atoms with Gasteiger partial charge >= 0.3 is 0 Å². The van der Waals surface area contributed by atoms with E-state index in [0.717, 1.165) is 5.56 Å². The second-order valence-corrected chi connectivity index (χ2v) is 14.5. The predicted molar refractivity (Wildman–Crippen MR) is 136 cm³/mol. The largest absolute Gasteiger partial charge is 0.598 e. The first kappa shape index (κ1) is 27.1. The van der Waals surface area contributed by atoms with Crippen LogP contribution in [-0.4, -0.2) is 60.1 Å². The van der Waals surface area contributed by atoms with Crippen molar-refractivity contribution < 1.29 is 17.7 Å². The molecule has 11 heteroatoms. The summed E-state index contributed by atoms with van der Waals surface area (Å²) >= 11 is 11.3. The quantitative estimate of drug-likeness (QED) is 0.368. The molecule has 1 aromatic carbocycles. The molecule has 1 unspecified atom stereocenters. The SMILES string of the molecule is C=CCOc1cc(Cl)c(Cl)cc1[C@H](N[S+]([O-])C(C)(C)C)C1CCN(S(=O)(=O)C2CNC2)CC1. The van der Waals surface area contributed by atoms with E-state index in [1.54, 1.807) is 22.5 Å². The molecule has 7 nitrogen and oxygen atoms in total. The van der Waals surface area contributed by atoms with Gasteiger partial charge in [0, 0.05) is 49.2 Å². The molecule has 2 atom stereocenters. The molecule has 2 fully saturated rings. The molecule has 2 aliphatic rings. The van der Waals surface area contributed by atoms with E-state index in [1.165, 1.54) is 0 Å². The molecule has 2 saturated heterocycles. The van der Waals surface area contributed by atoms with Gasteiger partial charge in [-0.15, -0.1) is 4.72 Å². The lowest BCUT2D eigenvalue weighted by Crippen LogP contribution is -2.57. The van der Waals surface area contributed by atoms with Crippen molar-refractivity contribution in [1.82, 2.24) is 14.3 Å². The third-order valence-electron chi connectivity index (χ3n) is 6.03. The maximum atomic E-state index is 13.1. The van der Waals surface area contributed by atoms with Crippen LogP contribution < -0.4 is 14.8 Å². The Morgan fingerprint density at radius 1 is 1.30 bits per heavy atom. The zero-order chi connectivity index (χ0) is 24.4. The van der Waals surface area contributed by atoms with Gasteiger partial charge in [-0.3, -0.25) is 0 Å². The number of nitrogens with zero attached hydrogens (tertiary/aromatic N) is 1. The van der Waals surface area contributed by atoms with Crippen LogP contribution in [0.15, 0.2) is 24.8 Å². The summed E-state index contributed by atoms with van der Waals surface area (Å²) in [6.07, 6.45) is 2.89. The summed E-state index contributed by atoms with van der Waals surface area (Å²) in [5, 5.41) is 3.43. The van der Waals surface area contributed by atoms with Crippen LogP contribution in [0.5, 0.6) is 5.75 Å². The summed E-state index contributed by atoms with van der Waals surface area (Å²) in [5.41, 5.74) is 0.758. The third-order valence-corrected chi connectivity index (χ3v) is 10.6. The summed E-state index contributed by atoms with van der Waals surface area (Å²) in [7, 11) is -3.30. The van der Waals surface area contributed by atoms with Crippen molar-refractivity contribution in [3.63, 3.8) is 0 Å². The Balaban J connectivity index is 1.88. The smallest absolute Gasteiger partial charge is 0.219 e. The van der Waals surface area contributed by atoms with Gasteiger partial charge < -0.3 is 14.6 Å². The first-order chi connectivity index (χ1) is 15.4. The Bertz CT molecular complexity index is 944. The van der Waals surface area contributed by atoms with Gasteiger partial charge in [0.25, 0.3) is 0 Å². The van der Waals surface area contributed by atoms with E-state index in [9.17, 15) is 13.0 Å². The van der Waals surface area contributed by atoms with Gasteiger partial charge in [0.15, 0.2) is 0 Å². The minimum absolute atomic E-state index is 0.0330. The summed E-state index contributed by atoms with van der Waals surface area (Å²) in [6, 6.07) is 3.07. The number of benzene rings is 1.